The number of pyridine rings is 1. The number of carbonyl (C=O) groups excluding carboxylic acids is 1. The average Bonchev–Trinajstić information content (AvgIpc) is 3.00. The van der Waals surface area contributed by atoms with Crippen molar-refractivity contribution < 1.29 is 42.1 Å². The van der Waals surface area contributed by atoms with Crippen molar-refractivity contribution in [1.29, 1.82) is 0 Å². The molecule has 0 saturated carbocycles. The van der Waals surface area contributed by atoms with E-state index < -0.39 is 27.8 Å². The van der Waals surface area contributed by atoms with Crippen molar-refractivity contribution in [1.82, 2.24) is 0 Å². The molecule has 0 atom stereocenters. The first-order valence-corrected chi connectivity index (χ1v) is 16.2. The number of aromatic nitrogens is 1. The number of benzene rings is 4. The van der Waals surface area contributed by atoms with Crippen LogP contribution in [0, 0.1) is 13.8 Å². The third kappa shape index (κ3) is 6.78. The molecule has 0 spiro atoms. The van der Waals surface area contributed by atoms with E-state index >= 15 is 0 Å². The van der Waals surface area contributed by atoms with Gasteiger partial charge < -0.3 is 19.7 Å². The van der Waals surface area contributed by atoms with Crippen LogP contribution in [0.15, 0.2) is 72.8 Å². The zero-order valence-electron chi connectivity index (χ0n) is 25.6. The summed E-state index contributed by atoms with van der Waals surface area (Å²) in [7, 11) is -2.55. The highest BCUT2D eigenvalue weighted by molar-refractivity contribution is 7.85. The van der Waals surface area contributed by atoms with E-state index in [4.69, 9.17) is 4.74 Å². The lowest BCUT2D eigenvalue weighted by Gasteiger charge is -2.19. The first-order valence-electron chi connectivity index (χ1n) is 14.6. The minimum atomic E-state index is -4.14. The number of carboxylic acids is 2. The molecule has 5 rings (SSSR count). The Morgan fingerprint density at radius 2 is 1.54 bits per heavy atom. The number of carboxylic acid groups (broad SMARTS) is 2. The molecule has 0 aliphatic heterocycles. The Balaban J connectivity index is 1.85. The molecular formula is C36H33NO8S. The van der Waals surface area contributed by atoms with Crippen LogP contribution >= 0.6 is 0 Å². The minimum Gasteiger partial charge on any atom is -0.545 e. The number of hydrogen-bond acceptors (Lipinski definition) is 6. The number of aryl methyl sites for hydroxylation is 3. The van der Waals surface area contributed by atoms with Crippen LogP contribution in [0.4, 0.5) is 0 Å². The Morgan fingerprint density at radius 1 is 0.891 bits per heavy atom. The summed E-state index contributed by atoms with van der Waals surface area (Å²) in [5.41, 5.74) is 5.61. The zero-order chi connectivity index (χ0) is 33.2. The van der Waals surface area contributed by atoms with Gasteiger partial charge in [-0.2, -0.15) is 13.0 Å². The first-order chi connectivity index (χ1) is 21.9. The summed E-state index contributed by atoms with van der Waals surface area (Å²) in [4.78, 5) is 24.8. The summed E-state index contributed by atoms with van der Waals surface area (Å²) < 4.78 is 39.3. The number of hydrogen-bond donors (Lipinski definition) is 2. The lowest BCUT2D eigenvalue weighted by molar-refractivity contribution is -0.645. The zero-order valence-corrected chi connectivity index (χ0v) is 26.4. The number of methoxy groups -OCH3 is 1. The highest BCUT2D eigenvalue weighted by Gasteiger charge is 2.26. The maximum absolute atomic E-state index is 12.9. The number of carbonyl (C=O) groups is 2. The molecule has 1 heterocycles. The summed E-state index contributed by atoms with van der Waals surface area (Å²) >= 11 is 0. The van der Waals surface area contributed by atoms with Crippen molar-refractivity contribution >= 4 is 56.0 Å². The Hall–Kier alpha value is -5.06. The van der Waals surface area contributed by atoms with Gasteiger partial charge in [0.25, 0.3) is 10.1 Å². The van der Waals surface area contributed by atoms with E-state index in [1.807, 2.05) is 59.2 Å². The Kier molecular flexibility index (Phi) is 9.22. The molecule has 0 radical (unpaired) electrons. The van der Waals surface area contributed by atoms with E-state index in [0.29, 0.717) is 57.0 Å². The number of aromatic carboxylic acids is 2. The van der Waals surface area contributed by atoms with Crippen LogP contribution < -0.4 is 14.4 Å². The third-order valence-electron chi connectivity index (χ3n) is 8.02. The van der Waals surface area contributed by atoms with Crippen LogP contribution in [0.3, 0.4) is 0 Å². The summed E-state index contributed by atoms with van der Waals surface area (Å²) in [6.07, 6.45) is 4.43. The topological polar surface area (TPSA) is 145 Å². The fourth-order valence-corrected chi connectivity index (χ4v) is 6.60. The summed E-state index contributed by atoms with van der Waals surface area (Å²) in [6, 6.07) is 21.5. The van der Waals surface area contributed by atoms with Crippen molar-refractivity contribution in [2.75, 3.05) is 12.9 Å². The number of rotatable bonds is 11. The molecule has 0 fully saturated rings. The molecule has 236 valence electrons. The highest BCUT2D eigenvalue weighted by atomic mass is 32.2. The van der Waals surface area contributed by atoms with Crippen LogP contribution in [0.1, 0.15) is 55.8 Å². The van der Waals surface area contributed by atoms with Gasteiger partial charge in [0, 0.05) is 24.1 Å². The van der Waals surface area contributed by atoms with Gasteiger partial charge in [0.05, 0.1) is 35.2 Å². The maximum Gasteiger partial charge on any atom is 0.335 e. The van der Waals surface area contributed by atoms with E-state index in [2.05, 4.69) is 0 Å². The molecule has 46 heavy (non-hydrogen) atoms. The van der Waals surface area contributed by atoms with Crippen LogP contribution in [-0.4, -0.2) is 42.9 Å². The molecule has 10 heteroatoms. The van der Waals surface area contributed by atoms with Gasteiger partial charge in [0.15, 0.2) is 0 Å². The molecular weight excluding hydrogens is 606 g/mol. The number of para-hydroxylation sites is 1. The molecule has 0 aliphatic carbocycles. The Morgan fingerprint density at radius 3 is 2.15 bits per heavy atom. The minimum absolute atomic E-state index is 0.00146. The third-order valence-corrected chi connectivity index (χ3v) is 8.82. The number of unbranched alkanes of at least 4 members (excludes halogenated alkanes) is 1. The second-order valence-corrected chi connectivity index (χ2v) is 12.8. The molecule has 5 aromatic rings. The smallest absolute Gasteiger partial charge is 0.335 e. The van der Waals surface area contributed by atoms with E-state index in [1.54, 1.807) is 51.3 Å². The molecule has 0 saturated heterocycles. The molecule has 0 amide bonds. The molecule has 0 unspecified atom stereocenters. The summed E-state index contributed by atoms with van der Waals surface area (Å²) in [5.74, 6) is -2.10. The van der Waals surface area contributed by atoms with Gasteiger partial charge in [0.1, 0.15) is 12.3 Å². The predicted octanol–water partition coefficient (Wildman–Crippen LogP) is 5.47. The van der Waals surface area contributed by atoms with Crippen molar-refractivity contribution in [3.05, 3.63) is 106 Å². The van der Waals surface area contributed by atoms with Crippen LogP contribution in [0.25, 0.3) is 45.1 Å². The second kappa shape index (κ2) is 13.1. The molecule has 0 aliphatic rings. The maximum atomic E-state index is 12.9. The molecule has 2 N–H and O–H groups in total. The van der Waals surface area contributed by atoms with E-state index in [0.717, 1.165) is 16.9 Å². The van der Waals surface area contributed by atoms with Crippen molar-refractivity contribution in [3.63, 3.8) is 0 Å². The standard InChI is InChI=1S/C36H33NO8S/c1-22-18-26(35(38)39)19-23(2)32(22)29-20-25(11-10-24-12-14-27(45-3)15-13-24)21-31-33(29)34(36(40)41)28-8-4-5-9-30(28)37(31)16-6-7-17-46(42,43)44/h4-5,8-15,18-21H,6-7,16-17H2,1-3H3,(H2-,38,39,40,41,42,43,44). The monoisotopic (exact) mass is 639 g/mol. The van der Waals surface area contributed by atoms with Crippen LogP contribution in [0.2, 0.25) is 0 Å². The average molecular weight is 640 g/mol. The van der Waals surface area contributed by atoms with Gasteiger partial charge in [-0.25, -0.2) is 4.79 Å². The number of nitrogens with zero attached hydrogens (tertiary/aromatic N) is 1. The van der Waals surface area contributed by atoms with Gasteiger partial charge in [-0.1, -0.05) is 36.4 Å². The van der Waals surface area contributed by atoms with E-state index in [-0.39, 0.29) is 17.5 Å². The fourth-order valence-electron chi connectivity index (χ4n) is 6.03. The van der Waals surface area contributed by atoms with Crippen molar-refractivity contribution in [3.8, 4) is 16.9 Å². The predicted molar refractivity (Wildman–Crippen MR) is 175 cm³/mol. The summed E-state index contributed by atoms with van der Waals surface area (Å²) in [6.45, 7) is 3.92. The van der Waals surface area contributed by atoms with Crippen molar-refractivity contribution in [2.45, 2.75) is 33.2 Å². The molecule has 1 aromatic heterocycles. The Bertz CT molecular complexity index is 2110. The van der Waals surface area contributed by atoms with Gasteiger partial charge in [-0.3, -0.25) is 4.55 Å². The SMILES string of the molecule is COc1ccc(C=Cc2cc(-c3c(C)cc(C(=O)O)cc3C)c3c(C(=O)[O-])c4ccccc4[n+](CCCCS(=O)(=O)O)c3c2)cc1. The normalized spacial score (nSPS) is 11.8. The Labute approximate surface area is 266 Å². The number of ether oxygens (including phenoxy) is 1. The fraction of sp³-hybridized carbons (Fsp3) is 0.194. The van der Waals surface area contributed by atoms with Crippen molar-refractivity contribution in [2.24, 2.45) is 0 Å². The largest absolute Gasteiger partial charge is 0.545 e. The molecule has 9 nitrogen and oxygen atoms in total. The lowest BCUT2D eigenvalue weighted by Crippen LogP contribution is -2.38. The second-order valence-electron chi connectivity index (χ2n) is 11.2. The van der Waals surface area contributed by atoms with Crippen LogP contribution in [-0.2, 0) is 16.7 Å². The van der Waals surface area contributed by atoms with E-state index in [1.165, 1.54) is 0 Å². The quantitative estimate of drug-likeness (QED) is 0.0636. The first kappa shape index (κ1) is 32.3. The van der Waals surface area contributed by atoms with Gasteiger partial charge in [-0.05, 0) is 90.0 Å². The lowest BCUT2D eigenvalue weighted by atomic mass is 9.87. The van der Waals surface area contributed by atoms with E-state index in [9.17, 15) is 32.8 Å². The van der Waals surface area contributed by atoms with Gasteiger partial charge in [-0.15, -0.1) is 0 Å². The van der Waals surface area contributed by atoms with Crippen LogP contribution in [0.5, 0.6) is 5.75 Å². The number of fused-ring (bicyclic) bond motifs is 2. The van der Waals surface area contributed by atoms with Gasteiger partial charge >= 0.3 is 5.97 Å². The molecule has 0 bridgehead atoms. The van der Waals surface area contributed by atoms with Gasteiger partial charge in [0.2, 0.25) is 11.0 Å². The summed E-state index contributed by atoms with van der Waals surface area (Å²) in [5, 5.41) is 23.5. The highest BCUT2D eigenvalue weighted by Crippen LogP contribution is 2.38. The molecule has 4 aromatic carbocycles.